The highest BCUT2D eigenvalue weighted by atomic mass is 32.2. The van der Waals surface area contributed by atoms with Gasteiger partial charge in [-0.25, -0.2) is 17.6 Å². The second-order valence-electron chi connectivity index (χ2n) is 7.56. The van der Waals surface area contributed by atoms with Gasteiger partial charge in [0.2, 0.25) is 5.91 Å². The molecule has 12 heteroatoms. The standard InChI is InChI=1S/C24H25FN2O7S2/c1-3-33-22(29)15-27-19-12-7-16(23(30)34-4-2)14-20(19)35-24(27)26-21(28)6-5-13-36(31,32)18-10-8-17(25)9-11-18/h7-12,14H,3-6,13,15H2,1-2H3. The van der Waals surface area contributed by atoms with Crippen molar-refractivity contribution in [1.82, 2.24) is 4.57 Å². The van der Waals surface area contributed by atoms with Crippen LogP contribution in [0.2, 0.25) is 0 Å². The number of amides is 1. The van der Waals surface area contributed by atoms with Crippen molar-refractivity contribution < 1.29 is 36.7 Å². The minimum Gasteiger partial charge on any atom is -0.465 e. The van der Waals surface area contributed by atoms with Crippen molar-refractivity contribution >= 4 is 49.2 Å². The third-order valence-corrected chi connectivity index (χ3v) is 7.84. The zero-order chi connectivity index (χ0) is 26.3. The maximum atomic E-state index is 13.1. The molecule has 36 heavy (non-hydrogen) atoms. The molecule has 1 heterocycles. The molecule has 1 amide bonds. The largest absolute Gasteiger partial charge is 0.465 e. The Hall–Kier alpha value is -3.38. The number of hydrogen-bond donors (Lipinski definition) is 0. The van der Waals surface area contributed by atoms with Gasteiger partial charge in [0.1, 0.15) is 12.4 Å². The lowest BCUT2D eigenvalue weighted by Crippen LogP contribution is -2.23. The van der Waals surface area contributed by atoms with Gasteiger partial charge in [0.15, 0.2) is 14.6 Å². The molecular formula is C24H25FN2O7S2. The van der Waals surface area contributed by atoms with E-state index >= 15 is 0 Å². The van der Waals surface area contributed by atoms with E-state index in [0.717, 1.165) is 23.5 Å². The summed E-state index contributed by atoms with van der Waals surface area (Å²) in [6.45, 7) is 3.58. The van der Waals surface area contributed by atoms with E-state index in [1.54, 1.807) is 32.0 Å². The topological polar surface area (TPSA) is 121 Å². The summed E-state index contributed by atoms with van der Waals surface area (Å²) in [7, 11) is -3.68. The van der Waals surface area contributed by atoms with Crippen LogP contribution in [0, 0.1) is 5.82 Å². The van der Waals surface area contributed by atoms with Crippen LogP contribution in [0.4, 0.5) is 4.39 Å². The molecule has 1 aromatic heterocycles. The Morgan fingerprint density at radius 3 is 2.39 bits per heavy atom. The van der Waals surface area contributed by atoms with Crippen molar-refractivity contribution in [2.24, 2.45) is 4.99 Å². The number of sulfone groups is 1. The number of halogens is 1. The summed E-state index contributed by atoms with van der Waals surface area (Å²) in [4.78, 5) is 41.1. The summed E-state index contributed by atoms with van der Waals surface area (Å²) in [6, 6.07) is 9.26. The van der Waals surface area contributed by atoms with Crippen LogP contribution in [0.1, 0.15) is 37.0 Å². The van der Waals surface area contributed by atoms with E-state index in [-0.39, 0.29) is 48.0 Å². The molecule has 0 bridgehead atoms. The Morgan fingerprint density at radius 2 is 1.72 bits per heavy atom. The molecule has 9 nitrogen and oxygen atoms in total. The zero-order valence-corrected chi connectivity index (χ0v) is 21.4. The molecule has 0 spiro atoms. The lowest BCUT2D eigenvalue weighted by Gasteiger charge is -2.06. The highest BCUT2D eigenvalue weighted by Crippen LogP contribution is 2.20. The average Bonchev–Trinajstić information content (AvgIpc) is 3.15. The smallest absolute Gasteiger partial charge is 0.338 e. The molecule has 192 valence electrons. The minimum atomic E-state index is -3.68. The number of hydrogen-bond acceptors (Lipinski definition) is 8. The first-order valence-corrected chi connectivity index (χ1v) is 13.6. The molecule has 0 unspecified atom stereocenters. The number of nitrogens with zero attached hydrogens (tertiary/aromatic N) is 2. The van der Waals surface area contributed by atoms with Gasteiger partial charge in [0.25, 0.3) is 0 Å². The van der Waals surface area contributed by atoms with Crippen molar-refractivity contribution in [2.75, 3.05) is 19.0 Å². The Bertz CT molecular complexity index is 1440. The van der Waals surface area contributed by atoms with Crippen LogP contribution in [-0.4, -0.2) is 49.8 Å². The maximum Gasteiger partial charge on any atom is 0.338 e. The maximum absolute atomic E-state index is 13.1. The first-order chi connectivity index (χ1) is 17.1. The normalized spacial score (nSPS) is 12.0. The fourth-order valence-electron chi connectivity index (χ4n) is 3.32. The van der Waals surface area contributed by atoms with Crippen LogP contribution in [-0.2, 0) is 35.4 Å². The second-order valence-corrected chi connectivity index (χ2v) is 10.7. The molecule has 0 atom stereocenters. The van der Waals surface area contributed by atoms with Gasteiger partial charge < -0.3 is 14.0 Å². The Labute approximate surface area is 211 Å². The number of esters is 2. The van der Waals surface area contributed by atoms with Crippen molar-refractivity contribution in [3.05, 3.63) is 58.6 Å². The van der Waals surface area contributed by atoms with E-state index in [1.807, 2.05) is 0 Å². The summed E-state index contributed by atoms with van der Waals surface area (Å²) in [5.41, 5.74) is 0.893. The number of benzene rings is 2. The Morgan fingerprint density at radius 1 is 1.03 bits per heavy atom. The van der Waals surface area contributed by atoms with Crippen LogP contribution in [0.5, 0.6) is 0 Å². The molecule has 0 saturated heterocycles. The Balaban J connectivity index is 1.84. The van der Waals surface area contributed by atoms with Gasteiger partial charge in [-0.15, -0.1) is 0 Å². The molecule has 0 aliphatic heterocycles. The number of carbonyl (C=O) groups excluding carboxylic acids is 3. The van der Waals surface area contributed by atoms with Crippen molar-refractivity contribution in [1.29, 1.82) is 0 Å². The average molecular weight is 537 g/mol. The molecule has 0 fully saturated rings. The van der Waals surface area contributed by atoms with Gasteiger partial charge >= 0.3 is 11.9 Å². The van der Waals surface area contributed by atoms with Crippen LogP contribution in [0.15, 0.2) is 52.4 Å². The molecule has 0 saturated carbocycles. The third kappa shape index (κ3) is 6.85. The van der Waals surface area contributed by atoms with Crippen LogP contribution >= 0.6 is 11.3 Å². The molecular weight excluding hydrogens is 511 g/mol. The summed E-state index contributed by atoms with van der Waals surface area (Å²) in [6.07, 6.45) is -0.139. The monoisotopic (exact) mass is 536 g/mol. The number of ether oxygens (including phenoxy) is 2. The summed E-state index contributed by atoms with van der Waals surface area (Å²) >= 11 is 1.11. The van der Waals surface area contributed by atoms with Crippen molar-refractivity contribution in [3.8, 4) is 0 Å². The van der Waals surface area contributed by atoms with E-state index < -0.39 is 33.5 Å². The number of aromatic nitrogens is 1. The van der Waals surface area contributed by atoms with Crippen LogP contribution < -0.4 is 4.80 Å². The highest BCUT2D eigenvalue weighted by molar-refractivity contribution is 7.91. The lowest BCUT2D eigenvalue weighted by atomic mass is 10.2. The zero-order valence-electron chi connectivity index (χ0n) is 19.7. The molecule has 0 aliphatic rings. The molecule has 0 aliphatic carbocycles. The number of thiazole rings is 1. The van der Waals surface area contributed by atoms with Gasteiger partial charge in [-0.05, 0) is 62.7 Å². The third-order valence-electron chi connectivity index (χ3n) is 4.98. The van der Waals surface area contributed by atoms with E-state index in [4.69, 9.17) is 9.47 Å². The Kier molecular flexibility index (Phi) is 9.10. The van der Waals surface area contributed by atoms with Crippen LogP contribution in [0.3, 0.4) is 0 Å². The van der Waals surface area contributed by atoms with Crippen molar-refractivity contribution in [3.63, 3.8) is 0 Å². The first-order valence-electron chi connectivity index (χ1n) is 11.2. The van der Waals surface area contributed by atoms with Gasteiger partial charge in [-0.1, -0.05) is 11.3 Å². The van der Waals surface area contributed by atoms with E-state index in [0.29, 0.717) is 15.8 Å². The summed E-state index contributed by atoms with van der Waals surface area (Å²) in [5, 5.41) is 0. The minimum absolute atomic E-state index is 0.0117. The number of carbonyl (C=O) groups is 3. The number of rotatable bonds is 10. The fraction of sp³-hybridized carbons (Fsp3) is 0.333. The van der Waals surface area contributed by atoms with E-state index in [1.165, 1.54) is 16.7 Å². The van der Waals surface area contributed by atoms with Gasteiger partial charge in [0, 0.05) is 6.42 Å². The fourth-order valence-corrected chi connectivity index (χ4v) is 5.72. The molecule has 2 aromatic carbocycles. The second kappa shape index (κ2) is 12.0. The quantitative estimate of drug-likeness (QED) is 0.288. The van der Waals surface area contributed by atoms with Crippen LogP contribution in [0.25, 0.3) is 10.2 Å². The SMILES string of the molecule is CCOC(=O)Cn1c(=NC(=O)CCCS(=O)(=O)c2ccc(F)cc2)sc2cc(C(=O)OCC)ccc21. The van der Waals surface area contributed by atoms with Gasteiger partial charge in [-0.2, -0.15) is 4.99 Å². The van der Waals surface area contributed by atoms with Gasteiger partial charge in [-0.3, -0.25) is 9.59 Å². The lowest BCUT2D eigenvalue weighted by molar-refractivity contribution is -0.143. The van der Waals surface area contributed by atoms with Gasteiger partial charge in [0.05, 0.1) is 39.6 Å². The molecule has 0 radical (unpaired) electrons. The highest BCUT2D eigenvalue weighted by Gasteiger charge is 2.17. The van der Waals surface area contributed by atoms with E-state index in [2.05, 4.69) is 4.99 Å². The first kappa shape index (κ1) is 27.2. The summed E-state index contributed by atoms with van der Waals surface area (Å²) < 4.78 is 50.1. The predicted molar refractivity (Wildman–Crippen MR) is 131 cm³/mol. The molecule has 0 N–H and O–H groups in total. The number of fused-ring (bicyclic) bond motifs is 1. The summed E-state index contributed by atoms with van der Waals surface area (Å²) in [5.74, 6) is -2.44. The molecule has 3 aromatic rings. The van der Waals surface area contributed by atoms with Crippen molar-refractivity contribution in [2.45, 2.75) is 38.1 Å². The van der Waals surface area contributed by atoms with E-state index in [9.17, 15) is 27.2 Å². The molecule has 3 rings (SSSR count). The predicted octanol–water partition coefficient (Wildman–Crippen LogP) is 3.26.